The molecule has 4 fully saturated rings. The Kier molecular flexibility index (Phi) is 4.36. The zero-order valence-corrected chi connectivity index (χ0v) is 15.5. The molecule has 4 aliphatic carbocycles. The standard InChI is InChI=1S/C22H32O2/c1-4-15(2)19-5-7-20(8-6-19)24-21(23-3)22-12-16-9-17(13-22)11-18(10-16)14-22/h5-8,15-18,21H,4,9-14H2,1-3H3. The van der Waals surface area contributed by atoms with E-state index in [1.165, 1.54) is 50.5 Å². The van der Waals surface area contributed by atoms with Gasteiger partial charge in [0.2, 0.25) is 6.29 Å². The summed E-state index contributed by atoms with van der Waals surface area (Å²) in [6.07, 6.45) is 9.39. The summed E-state index contributed by atoms with van der Waals surface area (Å²) in [4.78, 5) is 0. The predicted molar refractivity (Wildman–Crippen MR) is 97.2 cm³/mol. The SMILES string of the molecule is CCC(C)c1ccc(OC(OC)C23CC4CC(CC(C4)C2)C3)cc1. The highest BCUT2D eigenvalue weighted by Crippen LogP contribution is 2.61. The molecule has 0 aliphatic heterocycles. The Bertz CT molecular complexity index is 527. The molecular weight excluding hydrogens is 296 g/mol. The van der Waals surface area contributed by atoms with E-state index in [-0.39, 0.29) is 11.7 Å². The van der Waals surface area contributed by atoms with Crippen molar-refractivity contribution in [3.63, 3.8) is 0 Å². The van der Waals surface area contributed by atoms with Crippen LogP contribution in [0.4, 0.5) is 0 Å². The second-order valence-corrected chi connectivity index (χ2v) is 8.84. The van der Waals surface area contributed by atoms with Gasteiger partial charge in [-0.05, 0) is 86.3 Å². The van der Waals surface area contributed by atoms with E-state index in [9.17, 15) is 0 Å². The van der Waals surface area contributed by atoms with Gasteiger partial charge in [0.15, 0.2) is 0 Å². The van der Waals surface area contributed by atoms with Crippen molar-refractivity contribution in [2.24, 2.45) is 23.2 Å². The summed E-state index contributed by atoms with van der Waals surface area (Å²) >= 11 is 0. The number of benzene rings is 1. The van der Waals surface area contributed by atoms with Crippen LogP contribution in [0.15, 0.2) is 24.3 Å². The molecule has 1 aromatic rings. The number of hydrogen-bond acceptors (Lipinski definition) is 2. The molecule has 2 atom stereocenters. The van der Waals surface area contributed by atoms with Crippen molar-refractivity contribution >= 4 is 0 Å². The van der Waals surface area contributed by atoms with Gasteiger partial charge in [-0.15, -0.1) is 0 Å². The average Bonchev–Trinajstić information content (AvgIpc) is 2.58. The molecule has 4 aliphatic rings. The summed E-state index contributed by atoms with van der Waals surface area (Å²) in [6, 6.07) is 8.70. The van der Waals surface area contributed by atoms with Crippen molar-refractivity contribution < 1.29 is 9.47 Å². The molecule has 0 heterocycles. The molecule has 0 aromatic heterocycles. The third kappa shape index (κ3) is 2.87. The second-order valence-electron chi connectivity index (χ2n) is 8.84. The molecule has 5 rings (SSSR count). The van der Waals surface area contributed by atoms with E-state index in [2.05, 4.69) is 38.1 Å². The molecule has 4 saturated carbocycles. The third-order valence-corrected chi connectivity index (χ3v) is 7.10. The fourth-order valence-electron chi connectivity index (χ4n) is 6.12. The maximum atomic E-state index is 6.39. The number of rotatable bonds is 6. The molecule has 2 unspecified atom stereocenters. The summed E-state index contributed by atoms with van der Waals surface area (Å²) in [7, 11) is 1.83. The van der Waals surface area contributed by atoms with Crippen LogP contribution in [-0.4, -0.2) is 13.4 Å². The highest BCUT2D eigenvalue weighted by molar-refractivity contribution is 5.29. The smallest absolute Gasteiger partial charge is 0.205 e. The number of hydrogen-bond donors (Lipinski definition) is 0. The van der Waals surface area contributed by atoms with Gasteiger partial charge >= 0.3 is 0 Å². The summed E-state index contributed by atoms with van der Waals surface area (Å²) in [5, 5.41) is 0. The summed E-state index contributed by atoms with van der Waals surface area (Å²) in [6.45, 7) is 4.52. The van der Waals surface area contributed by atoms with E-state index < -0.39 is 0 Å². The van der Waals surface area contributed by atoms with E-state index >= 15 is 0 Å². The fourth-order valence-corrected chi connectivity index (χ4v) is 6.12. The lowest BCUT2D eigenvalue weighted by atomic mass is 9.49. The second kappa shape index (κ2) is 6.37. The third-order valence-electron chi connectivity index (χ3n) is 7.10. The molecule has 1 aromatic carbocycles. The van der Waals surface area contributed by atoms with Crippen LogP contribution >= 0.6 is 0 Å². The molecule has 0 amide bonds. The summed E-state index contributed by atoms with van der Waals surface area (Å²) in [5.74, 6) is 4.34. The van der Waals surface area contributed by atoms with Gasteiger partial charge in [-0.2, -0.15) is 0 Å². The Labute approximate surface area is 146 Å². The van der Waals surface area contributed by atoms with Crippen molar-refractivity contribution in [2.45, 2.75) is 71.0 Å². The van der Waals surface area contributed by atoms with Crippen molar-refractivity contribution in [3.05, 3.63) is 29.8 Å². The monoisotopic (exact) mass is 328 g/mol. The normalized spacial score (nSPS) is 36.5. The van der Waals surface area contributed by atoms with Crippen LogP contribution in [0.3, 0.4) is 0 Å². The average molecular weight is 328 g/mol. The van der Waals surface area contributed by atoms with Crippen molar-refractivity contribution in [1.29, 1.82) is 0 Å². The van der Waals surface area contributed by atoms with Crippen molar-refractivity contribution in [3.8, 4) is 5.75 Å². The van der Waals surface area contributed by atoms with Crippen molar-refractivity contribution in [1.82, 2.24) is 0 Å². The van der Waals surface area contributed by atoms with Crippen molar-refractivity contribution in [2.75, 3.05) is 7.11 Å². The van der Waals surface area contributed by atoms with E-state index in [0.717, 1.165) is 23.5 Å². The zero-order valence-electron chi connectivity index (χ0n) is 15.5. The molecule has 0 radical (unpaired) electrons. The van der Waals surface area contributed by atoms with Crippen LogP contribution in [-0.2, 0) is 4.74 Å². The number of methoxy groups -OCH3 is 1. The molecule has 24 heavy (non-hydrogen) atoms. The van der Waals surface area contributed by atoms with Gasteiger partial charge in [0.05, 0.1) is 0 Å². The first-order valence-corrected chi connectivity index (χ1v) is 9.91. The topological polar surface area (TPSA) is 18.5 Å². The molecule has 0 saturated heterocycles. The lowest BCUT2D eigenvalue weighted by molar-refractivity contribution is -0.204. The minimum atomic E-state index is -0.0830. The maximum absolute atomic E-state index is 6.39. The molecule has 2 heteroatoms. The lowest BCUT2D eigenvalue weighted by Gasteiger charge is -2.58. The maximum Gasteiger partial charge on any atom is 0.205 e. The first-order chi connectivity index (χ1) is 11.6. The Morgan fingerprint density at radius 3 is 2.00 bits per heavy atom. The molecule has 4 bridgehead atoms. The lowest BCUT2D eigenvalue weighted by Crippen LogP contribution is -2.53. The van der Waals surface area contributed by atoms with Crippen LogP contribution in [0.2, 0.25) is 0 Å². The minimum Gasteiger partial charge on any atom is -0.464 e. The van der Waals surface area contributed by atoms with E-state index in [0.29, 0.717) is 5.92 Å². The highest BCUT2D eigenvalue weighted by atomic mass is 16.7. The minimum absolute atomic E-state index is 0.0830. The Balaban J connectivity index is 1.50. The summed E-state index contributed by atoms with van der Waals surface area (Å²) in [5.41, 5.74) is 1.66. The first-order valence-electron chi connectivity index (χ1n) is 9.91. The summed E-state index contributed by atoms with van der Waals surface area (Å²) < 4.78 is 12.3. The van der Waals surface area contributed by atoms with E-state index in [4.69, 9.17) is 9.47 Å². The van der Waals surface area contributed by atoms with Crippen LogP contribution in [0.5, 0.6) is 5.75 Å². The Morgan fingerprint density at radius 1 is 1.00 bits per heavy atom. The largest absolute Gasteiger partial charge is 0.464 e. The molecule has 0 N–H and O–H groups in total. The van der Waals surface area contributed by atoms with Gasteiger partial charge in [0.1, 0.15) is 5.75 Å². The molecular formula is C22H32O2. The van der Waals surface area contributed by atoms with Gasteiger partial charge in [0.25, 0.3) is 0 Å². The molecule has 0 spiro atoms. The Hall–Kier alpha value is -1.02. The number of ether oxygens (including phenoxy) is 2. The highest BCUT2D eigenvalue weighted by Gasteiger charge is 2.55. The predicted octanol–water partition coefficient (Wildman–Crippen LogP) is 5.77. The van der Waals surface area contributed by atoms with Gasteiger partial charge in [0, 0.05) is 12.5 Å². The quantitative estimate of drug-likeness (QED) is 0.617. The molecule has 2 nitrogen and oxygen atoms in total. The molecule has 132 valence electrons. The van der Waals surface area contributed by atoms with Gasteiger partial charge < -0.3 is 9.47 Å². The van der Waals surface area contributed by atoms with E-state index in [1.54, 1.807) is 0 Å². The van der Waals surface area contributed by atoms with Crippen LogP contribution in [0.25, 0.3) is 0 Å². The van der Waals surface area contributed by atoms with Gasteiger partial charge in [-0.25, -0.2) is 0 Å². The van der Waals surface area contributed by atoms with Gasteiger partial charge in [-0.3, -0.25) is 0 Å². The fraction of sp³-hybridized carbons (Fsp3) is 0.727. The van der Waals surface area contributed by atoms with Gasteiger partial charge in [-0.1, -0.05) is 26.0 Å². The van der Waals surface area contributed by atoms with Crippen LogP contribution in [0.1, 0.15) is 70.3 Å². The van der Waals surface area contributed by atoms with E-state index in [1.807, 2.05) is 7.11 Å². The Morgan fingerprint density at radius 2 is 1.54 bits per heavy atom. The zero-order chi connectivity index (χ0) is 16.7. The first kappa shape index (κ1) is 16.4. The van der Waals surface area contributed by atoms with Crippen LogP contribution in [0, 0.1) is 23.2 Å². The van der Waals surface area contributed by atoms with Crippen LogP contribution < -0.4 is 4.74 Å².